The molecule has 0 fully saturated rings. The quantitative estimate of drug-likeness (QED) is 0.339. The molecule has 0 spiro atoms. The maximum atomic E-state index is 13.4. The number of para-hydroxylation sites is 1. The van der Waals surface area contributed by atoms with Crippen LogP contribution in [-0.4, -0.2) is 21.2 Å². The lowest BCUT2D eigenvalue weighted by Gasteiger charge is -2.13. The number of nitrogens with one attached hydrogen (secondary N) is 1. The van der Waals surface area contributed by atoms with Crippen molar-refractivity contribution in [3.63, 3.8) is 0 Å². The molecule has 0 saturated heterocycles. The molecule has 6 nitrogen and oxygen atoms in total. The van der Waals surface area contributed by atoms with Crippen molar-refractivity contribution in [3.8, 4) is 11.8 Å². The summed E-state index contributed by atoms with van der Waals surface area (Å²) in [5, 5.41) is 12.6. The highest BCUT2D eigenvalue weighted by molar-refractivity contribution is 7.99. The van der Waals surface area contributed by atoms with E-state index in [0.717, 1.165) is 11.8 Å². The fourth-order valence-corrected chi connectivity index (χ4v) is 4.07. The Morgan fingerprint density at radius 2 is 1.91 bits per heavy atom. The third-order valence-corrected chi connectivity index (χ3v) is 5.79. The Labute approximate surface area is 191 Å². The molecular weight excluding hydrogens is 451 g/mol. The SMILES string of the molecule is N#Cc1ccc(NC(=O)CSc2nc3ccccc3c(=O)n2-c2ccc(F)cc2)cc1Cl. The first-order valence-corrected chi connectivity index (χ1v) is 10.7. The molecule has 1 amide bonds. The number of halogens is 2. The van der Waals surface area contributed by atoms with Crippen LogP contribution in [0.2, 0.25) is 5.02 Å². The zero-order valence-corrected chi connectivity index (χ0v) is 18.0. The Balaban J connectivity index is 1.63. The van der Waals surface area contributed by atoms with Crippen LogP contribution in [0.4, 0.5) is 10.1 Å². The van der Waals surface area contributed by atoms with Crippen molar-refractivity contribution >= 4 is 45.9 Å². The molecule has 1 heterocycles. The molecule has 0 aliphatic heterocycles. The lowest BCUT2D eigenvalue weighted by Crippen LogP contribution is -2.23. The number of hydrogen-bond donors (Lipinski definition) is 1. The van der Waals surface area contributed by atoms with Gasteiger partial charge in [0.25, 0.3) is 5.56 Å². The van der Waals surface area contributed by atoms with Crippen molar-refractivity contribution in [2.75, 3.05) is 11.1 Å². The van der Waals surface area contributed by atoms with Crippen molar-refractivity contribution in [3.05, 3.63) is 93.5 Å². The molecule has 0 aliphatic carbocycles. The van der Waals surface area contributed by atoms with Gasteiger partial charge in [0.1, 0.15) is 11.9 Å². The number of nitrogens with zero attached hydrogens (tertiary/aromatic N) is 3. The molecule has 0 aliphatic rings. The summed E-state index contributed by atoms with van der Waals surface area (Å²) in [6.07, 6.45) is 0. The molecule has 1 aromatic heterocycles. The molecule has 1 N–H and O–H groups in total. The number of carbonyl (C=O) groups excluding carboxylic acids is 1. The maximum absolute atomic E-state index is 13.4. The van der Waals surface area contributed by atoms with Crippen LogP contribution in [0, 0.1) is 17.1 Å². The van der Waals surface area contributed by atoms with Crippen LogP contribution in [0.5, 0.6) is 0 Å². The zero-order chi connectivity index (χ0) is 22.7. The number of amides is 1. The number of rotatable bonds is 5. The van der Waals surface area contributed by atoms with Crippen LogP contribution >= 0.6 is 23.4 Å². The van der Waals surface area contributed by atoms with Crippen LogP contribution < -0.4 is 10.9 Å². The number of benzene rings is 3. The topological polar surface area (TPSA) is 87.8 Å². The minimum Gasteiger partial charge on any atom is -0.325 e. The van der Waals surface area contributed by atoms with Crippen molar-refractivity contribution in [1.82, 2.24) is 9.55 Å². The summed E-state index contributed by atoms with van der Waals surface area (Å²) in [6, 6.07) is 18.9. The van der Waals surface area contributed by atoms with Gasteiger partial charge in [-0.3, -0.25) is 14.2 Å². The number of anilines is 1. The Morgan fingerprint density at radius 3 is 2.62 bits per heavy atom. The Kier molecular flexibility index (Phi) is 6.21. The molecule has 0 bridgehead atoms. The second kappa shape index (κ2) is 9.22. The summed E-state index contributed by atoms with van der Waals surface area (Å²) >= 11 is 7.08. The summed E-state index contributed by atoms with van der Waals surface area (Å²) < 4.78 is 14.8. The van der Waals surface area contributed by atoms with Gasteiger partial charge in [0, 0.05) is 5.69 Å². The van der Waals surface area contributed by atoms with Gasteiger partial charge < -0.3 is 5.32 Å². The van der Waals surface area contributed by atoms with Gasteiger partial charge in [-0.25, -0.2) is 9.37 Å². The molecule has 4 aromatic rings. The lowest BCUT2D eigenvalue weighted by molar-refractivity contribution is -0.113. The summed E-state index contributed by atoms with van der Waals surface area (Å²) in [6.45, 7) is 0. The minimum absolute atomic E-state index is 0.0381. The molecule has 4 rings (SSSR count). The first-order valence-electron chi connectivity index (χ1n) is 9.36. The van der Waals surface area contributed by atoms with E-state index < -0.39 is 5.82 Å². The zero-order valence-electron chi connectivity index (χ0n) is 16.4. The van der Waals surface area contributed by atoms with Gasteiger partial charge in [-0.2, -0.15) is 5.26 Å². The van der Waals surface area contributed by atoms with E-state index in [0.29, 0.717) is 33.0 Å². The summed E-state index contributed by atoms with van der Waals surface area (Å²) in [7, 11) is 0. The van der Waals surface area contributed by atoms with E-state index in [1.54, 1.807) is 30.3 Å². The normalized spacial score (nSPS) is 10.7. The molecule has 32 heavy (non-hydrogen) atoms. The van der Waals surface area contributed by atoms with Gasteiger partial charge in [0.15, 0.2) is 5.16 Å². The van der Waals surface area contributed by atoms with Gasteiger partial charge in [0.2, 0.25) is 5.91 Å². The summed E-state index contributed by atoms with van der Waals surface area (Å²) in [4.78, 5) is 30.2. The highest BCUT2D eigenvalue weighted by Gasteiger charge is 2.15. The fraction of sp³-hybridized carbons (Fsp3) is 0.0435. The number of fused-ring (bicyclic) bond motifs is 1. The van der Waals surface area contributed by atoms with E-state index in [-0.39, 0.29) is 22.2 Å². The van der Waals surface area contributed by atoms with E-state index in [1.807, 2.05) is 6.07 Å². The fourth-order valence-electron chi connectivity index (χ4n) is 3.04. The van der Waals surface area contributed by atoms with Crippen LogP contribution in [0.1, 0.15) is 5.56 Å². The Bertz CT molecular complexity index is 1430. The molecular formula is C23H14ClFN4O2S. The van der Waals surface area contributed by atoms with E-state index in [1.165, 1.54) is 41.0 Å². The molecule has 3 aromatic carbocycles. The van der Waals surface area contributed by atoms with Crippen molar-refractivity contribution in [2.24, 2.45) is 0 Å². The summed E-state index contributed by atoms with van der Waals surface area (Å²) in [5.41, 5.74) is 1.38. The average molecular weight is 465 g/mol. The predicted molar refractivity (Wildman–Crippen MR) is 123 cm³/mol. The van der Waals surface area contributed by atoms with Gasteiger partial charge in [0.05, 0.1) is 32.9 Å². The average Bonchev–Trinajstić information content (AvgIpc) is 2.79. The van der Waals surface area contributed by atoms with Crippen LogP contribution in [-0.2, 0) is 4.79 Å². The third-order valence-electron chi connectivity index (χ3n) is 4.54. The number of hydrogen-bond acceptors (Lipinski definition) is 5. The molecule has 0 unspecified atom stereocenters. The largest absolute Gasteiger partial charge is 0.325 e. The monoisotopic (exact) mass is 464 g/mol. The minimum atomic E-state index is -0.426. The van der Waals surface area contributed by atoms with Crippen molar-refractivity contribution in [2.45, 2.75) is 5.16 Å². The second-order valence-electron chi connectivity index (χ2n) is 6.67. The van der Waals surface area contributed by atoms with E-state index in [9.17, 15) is 14.0 Å². The third kappa shape index (κ3) is 4.49. The van der Waals surface area contributed by atoms with E-state index >= 15 is 0 Å². The Hall–Kier alpha value is -3.67. The second-order valence-corrected chi connectivity index (χ2v) is 8.02. The number of aromatic nitrogens is 2. The molecule has 158 valence electrons. The number of nitriles is 1. The van der Waals surface area contributed by atoms with Crippen LogP contribution in [0.3, 0.4) is 0 Å². The van der Waals surface area contributed by atoms with E-state index in [2.05, 4.69) is 10.3 Å². The molecule has 0 saturated carbocycles. The van der Waals surface area contributed by atoms with Crippen molar-refractivity contribution in [1.29, 1.82) is 5.26 Å². The smallest absolute Gasteiger partial charge is 0.266 e. The number of carbonyl (C=O) groups is 1. The highest BCUT2D eigenvalue weighted by Crippen LogP contribution is 2.23. The number of thioether (sulfide) groups is 1. The highest BCUT2D eigenvalue weighted by atomic mass is 35.5. The first-order chi connectivity index (χ1) is 15.5. The predicted octanol–water partition coefficient (Wildman–Crippen LogP) is 4.78. The molecule has 0 atom stereocenters. The lowest BCUT2D eigenvalue weighted by atomic mass is 10.2. The van der Waals surface area contributed by atoms with Gasteiger partial charge in [-0.1, -0.05) is 35.5 Å². The van der Waals surface area contributed by atoms with Crippen LogP contribution in [0.25, 0.3) is 16.6 Å². The molecule has 0 radical (unpaired) electrons. The first kappa shape index (κ1) is 21.6. The van der Waals surface area contributed by atoms with Gasteiger partial charge >= 0.3 is 0 Å². The standard InChI is InChI=1S/C23H14ClFN4O2S/c24-19-11-16(8-5-14(19)12-26)27-21(30)13-32-23-28-20-4-2-1-3-18(20)22(31)29(23)17-9-6-15(25)7-10-17/h1-11H,13H2,(H,27,30). The van der Waals surface area contributed by atoms with Crippen LogP contribution in [0.15, 0.2) is 76.7 Å². The maximum Gasteiger partial charge on any atom is 0.266 e. The Morgan fingerprint density at radius 1 is 1.16 bits per heavy atom. The van der Waals surface area contributed by atoms with Gasteiger partial charge in [-0.15, -0.1) is 0 Å². The van der Waals surface area contributed by atoms with Crippen molar-refractivity contribution < 1.29 is 9.18 Å². The molecule has 9 heteroatoms. The van der Waals surface area contributed by atoms with Gasteiger partial charge in [-0.05, 0) is 54.6 Å². The summed E-state index contributed by atoms with van der Waals surface area (Å²) in [5.74, 6) is -0.808. The van der Waals surface area contributed by atoms with E-state index in [4.69, 9.17) is 16.9 Å².